The summed E-state index contributed by atoms with van der Waals surface area (Å²) in [5, 5.41) is 4.24. The summed E-state index contributed by atoms with van der Waals surface area (Å²) in [7, 11) is 0. The van der Waals surface area contributed by atoms with E-state index in [2.05, 4.69) is 87.0 Å². The number of halogens is 2. The van der Waals surface area contributed by atoms with Crippen LogP contribution in [0.5, 0.6) is 0 Å². The van der Waals surface area contributed by atoms with Crippen molar-refractivity contribution in [1.82, 2.24) is 0 Å². The van der Waals surface area contributed by atoms with Crippen LogP contribution in [-0.2, 0) is 25.8 Å². The first-order valence-electron chi connectivity index (χ1n) is 8.10. The Balaban J connectivity index is 0.000000451. The molecule has 4 rings (SSSR count). The van der Waals surface area contributed by atoms with Gasteiger partial charge in [0.2, 0.25) is 0 Å². The van der Waals surface area contributed by atoms with Crippen LogP contribution in [0.4, 0.5) is 0 Å². The summed E-state index contributed by atoms with van der Waals surface area (Å²) in [6.45, 7) is 8.64. The predicted octanol–water partition coefficient (Wildman–Crippen LogP) is 1.51. The molecule has 0 nitrogen and oxygen atoms in total. The van der Waals surface area contributed by atoms with Gasteiger partial charge in [0, 0.05) is 0 Å². The molecule has 0 bridgehead atoms. The van der Waals surface area contributed by atoms with Crippen LogP contribution >= 0.6 is 22.7 Å². The first kappa shape index (κ1) is 26.6. The summed E-state index contributed by atoms with van der Waals surface area (Å²) >= 11 is 3.60. The fourth-order valence-electron chi connectivity index (χ4n) is 2.64. The zero-order valence-electron chi connectivity index (χ0n) is 15.8. The molecule has 0 spiro atoms. The van der Waals surface area contributed by atoms with Gasteiger partial charge in [-0.2, -0.15) is 44.9 Å². The van der Waals surface area contributed by atoms with Gasteiger partial charge in [0.15, 0.2) is 0 Å². The second kappa shape index (κ2) is 12.2. The molecule has 0 N–H and O–H groups in total. The van der Waals surface area contributed by atoms with Gasteiger partial charge in [-0.3, -0.25) is 0 Å². The van der Waals surface area contributed by atoms with E-state index in [1.165, 1.54) is 43.1 Å². The zero-order chi connectivity index (χ0) is 17.1. The maximum atomic E-state index is 2.25. The van der Waals surface area contributed by atoms with E-state index in [1.807, 2.05) is 0 Å². The smallest absolute Gasteiger partial charge is 1.00 e. The average Bonchev–Trinajstić information content (AvgIpc) is 3.32. The van der Waals surface area contributed by atoms with E-state index in [0.717, 1.165) is 0 Å². The van der Waals surface area contributed by atoms with Crippen LogP contribution < -0.4 is 24.8 Å². The van der Waals surface area contributed by atoms with Crippen molar-refractivity contribution in [2.24, 2.45) is 0 Å². The van der Waals surface area contributed by atoms with Gasteiger partial charge in [-0.25, -0.2) is 0 Å². The van der Waals surface area contributed by atoms with Crippen molar-refractivity contribution < 1.29 is 50.7 Å². The second-order valence-corrected chi connectivity index (χ2v) is 8.07. The Kier molecular flexibility index (Phi) is 12.0. The normalized spacial score (nSPS) is 9.33. The third kappa shape index (κ3) is 6.83. The van der Waals surface area contributed by atoms with E-state index in [1.54, 1.807) is 22.7 Å². The Hall–Kier alpha value is -0.450. The number of thiophene rings is 2. The standard InChI is InChI=1S/2C11H11S.2ClH.Hf/c2*1-8-6-10(7-9(8)2)11-4-3-5-12-11;;;/h2*3-7H,1-2H3;2*1H;/q2*-1;;;+4/p-2. The zero-order valence-corrected chi connectivity index (χ0v) is 22.6. The van der Waals surface area contributed by atoms with Crippen LogP contribution in [0.15, 0.2) is 59.3 Å². The van der Waals surface area contributed by atoms with E-state index in [9.17, 15) is 0 Å². The fourth-order valence-corrected chi connectivity index (χ4v) is 4.07. The molecule has 4 aromatic rings. The van der Waals surface area contributed by atoms with Crippen LogP contribution in [0.25, 0.3) is 20.9 Å². The molecule has 2 heterocycles. The van der Waals surface area contributed by atoms with Crippen LogP contribution in [-0.4, -0.2) is 0 Å². The second-order valence-electron chi connectivity index (χ2n) is 6.17. The van der Waals surface area contributed by atoms with Crippen molar-refractivity contribution in [2.45, 2.75) is 27.7 Å². The third-order valence-corrected chi connectivity index (χ3v) is 6.18. The van der Waals surface area contributed by atoms with Crippen molar-refractivity contribution in [2.75, 3.05) is 0 Å². The maximum Gasteiger partial charge on any atom is 4.00 e. The molecule has 0 radical (unpaired) electrons. The first-order valence-corrected chi connectivity index (χ1v) is 9.86. The monoisotopic (exact) mass is 600 g/mol. The molecular formula is C22H22Cl2HfS2. The molecule has 5 heteroatoms. The largest absolute Gasteiger partial charge is 4.00 e. The third-order valence-electron chi connectivity index (χ3n) is 4.34. The quantitative estimate of drug-likeness (QED) is 0.242. The minimum Gasteiger partial charge on any atom is -1.00 e. The molecule has 0 fully saturated rings. The van der Waals surface area contributed by atoms with Crippen LogP contribution in [0, 0.1) is 27.7 Å². The topological polar surface area (TPSA) is 0 Å². The summed E-state index contributed by atoms with van der Waals surface area (Å²) < 4.78 is 0. The summed E-state index contributed by atoms with van der Waals surface area (Å²) in [5.41, 5.74) is 8.27. The number of aryl methyl sites for hydroxylation is 4. The maximum absolute atomic E-state index is 2.25. The van der Waals surface area contributed by atoms with Crippen molar-refractivity contribution in [3.63, 3.8) is 0 Å². The van der Waals surface area contributed by atoms with E-state index >= 15 is 0 Å². The number of hydrogen-bond acceptors (Lipinski definition) is 2. The molecule has 0 aliphatic carbocycles. The van der Waals surface area contributed by atoms with Crippen LogP contribution in [0.2, 0.25) is 0 Å². The minimum absolute atomic E-state index is 0. The van der Waals surface area contributed by atoms with Crippen molar-refractivity contribution in [1.29, 1.82) is 0 Å². The summed E-state index contributed by atoms with van der Waals surface area (Å²) in [6.07, 6.45) is 0. The van der Waals surface area contributed by atoms with E-state index in [0.29, 0.717) is 0 Å². The Labute approximate surface area is 202 Å². The van der Waals surface area contributed by atoms with Crippen molar-refractivity contribution >= 4 is 22.7 Å². The van der Waals surface area contributed by atoms with Gasteiger partial charge in [-0.15, -0.1) is 36.4 Å². The number of rotatable bonds is 2. The summed E-state index contributed by atoms with van der Waals surface area (Å²) in [4.78, 5) is 2.73. The molecular weight excluding hydrogens is 578 g/mol. The fraction of sp³-hybridized carbons (Fsp3) is 0.182. The Morgan fingerprint density at radius 3 is 1.11 bits per heavy atom. The molecule has 0 aliphatic rings. The minimum atomic E-state index is 0. The van der Waals surface area contributed by atoms with Gasteiger partial charge in [0.1, 0.15) is 0 Å². The molecule has 0 saturated heterocycles. The Morgan fingerprint density at radius 1 is 0.593 bits per heavy atom. The molecule has 2 aromatic heterocycles. The summed E-state index contributed by atoms with van der Waals surface area (Å²) in [6, 6.07) is 17.5. The number of hydrogen-bond donors (Lipinski definition) is 0. The molecule has 0 atom stereocenters. The SMILES string of the molecule is Cc1c[c-](-c2cccs2)cc1C.Cc1c[c-](-c2cccs2)cc1C.[Cl-].[Cl-].[Hf+4]. The Morgan fingerprint density at radius 2 is 0.889 bits per heavy atom. The molecule has 2 aromatic carbocycles. The molecule has 0 amide bonds. The molecule has 0 aliphatic heterocycles. The van der Waals surface area contributed by atoms with Gasteiger partial charge in [0.05, 0.1) is 0 Å². The van der Waals surface area contributed by atoms with E-state index in [-0.39, 0.29) is 50.7 Å². The van der Waals surface area contributed by atoms with Crippen LogP contribution in [0.3, 0.4) is 0 Å². The summed E-state index contributed by atoms with van der Waals surface area (Å²) in [5.74, 6) is 0. The molecule has 0 unspecified atom stereocenters. The Bertz CT molecular complexity index is 785. The van der Waals surface area contributed by atoms with Gasteiger partial charge in [-0.1, -0.05) is 51.0 Å². The molecule has 0 saturated carbocycles. The van der Waals surface area contributed by atoms with E-state index in [4.69, 9.17) is 0 Å². The first-order chi connectivity index (χ1) is 11.5. The van der Waals surface area contributed by atoms with Gasteiger partial charge in [-0.05, 0) is 20.5 Å². The van der Waals surface area contributed by atoms with Crippen LogP contribution in [0.1, 0.15) is 22.3 Å². The van der Waals surface area contributed by atoms with Crippen molar-refractivity contribution in [3.8, 4) is 20.9 Å². The molecule has 140 valence electrons. The van der Waals surface area contributed by atoms with Gasteiger partial charge >= 0.3 is 25.8 Å². The van der Waals surface area contributed by atoms with E-state index < -0.39 is 0 Å². The van der Waals surface area contributed by atoms with Crippen molar-refractivity contribution in [3.05, 3.63) is 81.5 Å². The molecule has 27 heavy (non-hydrogen) atoms. The van der Waals surface area contributed by atoms with Gasteiger partial charge < -0.3 is 24.8 Å². The average molecular weight is 600 g/mol. The van der Waals surface area contributed by atoms with Gasteiger partial charge in [0.25, 0.3) is 0 Å². The predicted molar refractivity (Wildman–Crippen MR) is 110 cm³/mol.